The molecule has 2 aliphatic rings. The molecule has 2 heterocycles. The van der Waals surface area contributed by atoms with Crippen molar-refractivity contribution >= 4 is 40.0 Å². The van der Waals surface area contributed by atoms with Crippen LogP contribution in [0.15, 0.2) is 4.99 Å². The van der Waals surface area contributed by atoms with Crippen molar-refractivity contribution < 1.29 is 13.2 Å². The molecule has 2 fully saturated rings. The van der Waals surface area contributed by atoms with Crippen LogP contribution in [0.25, 0.3) is 0 Å². The number of sulfonamides is 1. The van der Waals surface area contributed by atoms with Crippen LogP contribution in [0.5, 0.6) is 0 Å². The Hall–Kier alpha value is -0.130. The average molecular weight is 502 g/mol. The topological polar surface area (TPSA) is 74.2 Å². The van der Waals surface area contributed by atoms with Gasteiger partial charge < -0.3 is 15.0 Å². The molecule has 154 valence electrons. The quantitative estimate of drug-likeness (QED) is 0.326. The van der Waals surface area contributed by atoms with Crippen molar-refractivity contribution in [1.82, 2.24) is 14.5 Å². The number of rotatable bonds is 7. The minimum absolute atomic E-state index is 0. The van der Waals surface area contributed by atoms with Crippen LogP contribution in [0.3, 0.4) is 0 Å². The summed E-state index contributed by atoms with van der Waals surface area (Å²) in [6.07, 6.45) is 6.54. The highest BCUT2D eigenvalue weighted by Gasteiger charge is 2.31. The van der Waals surface area contributed by atoms with E-state index in [1.54, 1.807) is 4.31 Å². The van der Waals surface area contributed by atoms with E-state index >= 15 is 0 Å². The highest BCUT2D eigenvalue weighted by atomic mass is 127. The maximum absolute atomic E-state index is 11.9. The zero-order chi connectivity index (χ0) is 18.3. The van der Waals surface area contributed by atoms with Crippen LogP contribution in [0.1, 0.15) is 39.0 Å². The summed E-state index contributed by atoms with van der Waals surface area (Å²) in [7, 11) is -1.08. The number of nitrogens with zero attached hydrogens (tertiary/aromatic N) is 3. The van der Waals surface area contributed by atoms with Gasteiger partial charge in [0.15, 0.2) is 5.96 Å². The zero-order valence-corrected chi connectivity index (χ0v) is 19.5. The van der Waals surface area contributed by atoms with Crippen molar-refractivity contribution in [2.24, 2.45) is 10.9 Å². The molecule has 0 aromatic heterocycles. The van der Waals surface area contributed by atoms with Crippen molar-refractivity contribution in [3.63, 3.8) is 0 Å². The highest BCUT2D eigenvalue weighted by molar-refractivity contribution is 14.0. The lowest BCUT2D eigenvalue weighted by Gasteiger charge is -2.27. The maximum atomic E-state index is 11.9. The number of nitrogens with one attached hydrogen (secondary N) is 1. The van der Waals surface area contributed by atoms with Crippen LogP contribution < -0.4 is 5.32 Å². The molecule has 0 saturated carbocycles. The monoisotopic (exact) mass is 502 g/mol. The van der Waals surface area contributed by atoms with Gasteiger partial charge in [0.25, 0.3) is 0 Å². The van der Waals surface area contributed by atoms with Gasteiger partial charge >= 0.3 is 0 Å². The van der Waals surface area contributed by atoms with Gasteiger partial charge in [0.1, 0.15) is 0 Å². The number of hydrogen-bond donors (Lipinski definition) is 1. The van der Waals surface area contributed by atoms with E-state index < -0.39 is 10.0 Å². The molecule has 1 N–H and O–H groups in total. The lowest BCUT2D eigenvalue weighted by Crippen LogP contribution is -2.42. The van der Waals surface area contributed by atoms with Crippen LogP contribution in [-0.2, 0) is 14.8 Å². The first-order valence-corrected chi connectivity index (χ1v) is 11.3. The fourth-order valence-corrected chi connectivity index (χ4v) is 4.78. The maximum Gasteiger partial charge on any atom is 0.211 e. The average Bonchev–Trinajstić information content (AvgIpc) is 3.06. The van der Waals surface area contributed by atoms with Gasteiger partial charge in [-0.2, -0.15) is 4.31 Å². The number of halogens is 1. The molecule has 0 radical (unpaired) electrons. The van der Waals surface area contributed by atoms with Gasteiger partial charge in [-0.3, -0.25) is 4.99 Å². The second-order valence-corrected chi connectivity index (χ2v) is 9.07. The molecule has 0 aromatic carbocycles. The first kappa shape index (κ1) is 23.9. The normalized spacial score (nSPS) is 22.9. The fourth-order valence-electron chi connectivity index (χ4n) is 3.61. The molecule has 0 amide bonds. The molecule has 0 aliphatic carbocycles. The van der Waals surface area contributed by atoms with Gasteiger partial charge in [0.05, 0.1) is 12.8 Å². The third-order valence-electron chi connectivity index (χ3n) is 5.11. The van der Waals surface area contributed by atoms with E-state index in [0.717, 1.165) is 70.3 Å². The van der Waals surface area contributed by atoms with E-state index in [9.17, 15) is 8.42 Å². The Morgan fingerprint density at radius 1 is 1.31 bits per heavy atom. The minimum atomic E-state index is -3.14. The van der Waals surface area contributed by atoms with Crippen LogP contribution in [0.2, 0.25) is 0 Å². The summed E-state index contributed by atoms with van der Waals surface area (Å²) >= 11 is 0. The lowest BCUT2D eigenvalue weighted by molar-refractivity contribution is 0.0625. The van der Waals surface area contributed by atoms with E-state index in [2.05, 4.69) is 24.2 Å². The Morgan fingerprint density at radius 2 is 2.00 bits per heavy atom. The molecule has 2 rings (SSSR count). The van der Waals surface area contributed by atoms with Gasteiger partial charge in [0, 0.05) is 45.9 Å². The second kappa shape index (κ2) is 11.7. The van der Waals surface area contributed by atoms with E-state index in [4.69, 9.17) is 9.73 Å². The molecule has 26 heavy (non-hydrogen) atoms. The van der Waals surface area contributed by atoms with Crippen LogP contribution in [0.4, 0.5) is 0 Å². The smallest absolute Gasteiger partial charge is 0.211 e. The summed E-state index contributed by atoms with van der Waals surface area (Å²) in [5.74, 6) is 1.60. The van der Waals surface area contributed by atoms with Crippen molar-refractivity contribution in [2.75, 3.05) is 52.7 Å². The van der Waals surface area contributed by atoms with Gasteiger partial charge in [0.2, 0.25) is 10.0 Å². The summed E-state index contributed by atoms with van der Waals surface area (Å²) in [5.41, 5.74) is 0. The number of ether oxygens (including phenoxy) is 1. The summed E-state index contributed by atoms with van der Waals surface area (Å²) < 4.78 is 30.8. The Morgan fingerprint density at radius 3 is 2.62 bits per heavy atom. The molecule has 0 unspecified atom stereocenters. The van der Waals surface area contributed by atoms with Gasteiger partial charge in [-0.05, 0) is 44.9 Å². The molecular formula is C17H35IN4O3S. The van der Waals surface area contributed by atoms with Crippen LogP contribution in [-0.4, -0.2) is 82.3 Å². The summed E-state index contributed by atoms with van der Waals surface area (Å²) in [4.78, 5) is 6.89. The predicted octanol–water partition coefficient (Wildman–Crippen LogP) is 1.74. The summed E-state index contributed by atoms with van der Waals surface area (Å²) in [6, 6.07) is -0.00690. The highest BCUT2D eigenvalue weighted by Crippen LogP contribution is 2.21. The molecule has 2 saturated heterocycles. The molecule has 9 heteroatoms. The Kier molecular flexibility index (Phi) is 10.7. The lowest BCUT2D eigenvalue weighted by atomic mass is 9.96. The fraction of sp³-hybridized carbons (Fsp3) is 0.941. The molecule has 1 atom stereocenters. The summed E-state index contributed by atoms with van der Waals surface area (Å²) in [6.45, 7) is 6.72. The molecule has 2 aliphatic heterocycles. The first-order chi connectivity index (χ1) is 11.9. The first-order valence-electron chi connectivity index (χ1n) is 9.45. The Bertz CT molecular complexity index is 538. The third kappa shape index (κ3) is 7.47. The van der Waals surface area contributed by atoms with Gasteiger partial charge in [-0.15, -0.1) is 24.0 Å². The summed E-state index contributed by atoms with van der Waals surface area (Å²) in [5, 5.41) is 3.33. The van der Waals surface area contributed by atoms with Crippen LogP contribution in [0, 0.1) is 5.92 Å². The zero-order valence-electron chi connectivity index (χ0n) is 16.3. The van der Waals surface area contributed by atoms with Crippen molar-refractivity contribution in [3.8, 4) is 0 Å². The van der Waals surface area contributed by atoms with Crippen molar-refractivity contribution in [3.05, 3.63) is 0 Å². The van der Waals surface area contributed by atoms with Gasteiger partial charge in [-0.25, -0.2) is 8.42 Å². The molecule has 0 bridgehead atoms. The molecule has 0 spiro atoms. The largest absolute Gasteiger partial charge is 0.381 e. The standard InChI is InChI=1S/C17H34N4O3S.HI/c1-4-18-17(20(2)11-7-15-8-12-24-13-9-15)19-14-16-6-5-10-21(16)25(3,22)23;/h15-16H,4-14H2,1-3H3,(H,18,19);1H/t16-;/m1./s1. The van der Waals surface area contributed by atoms with E-state index in [1.807, 2.05) is 0 Å². The number of guanidine groups is 1. The Labute approximate surface area is 176 Å². The second-order valence-electron chi connectivity index (χ2n) is 7.13. The Balaban J connectivity index is 0.00000338. The van der Waals surface area contributed by atoms with E-state index in [1.165, 1.54) is 6.26 Å². The van der Waals surface area contributed by atoms with Gasteiger partial charge in [-0.1, -0.05) is 0 Å². The van der Waals surface area contributed by atoms with E-state index in [-0.39, 0.29) is 30.0 Å². The molecule has 7 nitrogen and oxygen atoms in total. The minimum Gasteiger partial charge on any atom is -0.381 e. The number of hydrogen-bond acceptors (Lipinski definition) is 4. The van der Waals surface area contributed by atoms with Crippen molar-refractivity contribution in [2.45, 2.75) is 45.1 Å². The number of aliphatic imine (C=N–C) groups is 1. The predicted molar refractivity (Wildman–Crippen MR) is 117 cm³/mol. The third-order valence-corrected chi connectivity index (χ3v) is 6.44. The van der Waals surface area contributed by atoms with Crippen LogP contribution >= 0.6 is 24.0 Å². The van der Waals surface area contributed by atoms with Crippen molar-refractivity contribution in [1.29, 1.82) is 0 Å². The van der Waals surface area contributed by atoms with E-state index in [0.29, 0.717) is 13.1 Å². The molecular weight excluding hydrogens is 467 g/mol. The SMILES string of the molecule is CCNC(=NC[C@H]1CCCN1S(C)(=O)=O)N(C)CCC1CCOCC1.I. The molecule has 0 aromatic rings.